The van der Waals surface area contributed by atoms with Gasteiger partial charge in [-0.1, -0.05) is 0 Å². The van der Waals surface area contributed by atoms with E-state index in [4.69, 9.17) is 5.73 Å². The van der Waals surface area contributed by atoms with Crippen molar-refractivity contribution in [3.8, 4) is 5.75 Å². The molecule has 0 aliphatic heterocycles. The minimum absolute atomic E-state index is 0.128. The molecule has 0 amide bonds. The van der Waals surface area contributed by atoms with Gasteiger partial charge in [-0.25, -0.2) is 9.97 Å². The van der Waals surface area contributed by atoms with Crippen LogP contribution < -0.4 is 5.73 Å². The van der Waals surface area contributed by atoms with Crippen molar-refractivity contribution in [3.05, 3.63) is 18.5 Å². The minimum Gasteiger partial charge on any atom is -0.506 e. The van der Waals surface area contributed by atoms with E-state index in [1.54, 1.807) is 18.5 Å². The van der Waals surface area contributed by atoms with Crippen LogP contribution in [0.5, 0.6) is 5.75 Å². The fourth-order valence-corrected chi connectivity index (χ4v) is 1.61. The van der Waals surface area contributed by atoms with E-state index in [0.29, 0.717) is 11.0 Å². The molecule has 0 saturated carbocycles. The van der Waals surface area contributed by atoms with Crippen LogP contribution in [0.2, 0.25) is 0 Å². The van der Waals surface area contributed by atoms with Gasteiger partial charge in [-0.15, -0.1) is 0 Å². The van der Waals surface area contributed by atoms with Crippen LogP contribution in [0.15, 0.2) is 18.5 Å². The first-order valence-electron chi connectivity index (χ1n) is 4.33. The molecule has 0 atom stereocenters. The summed E-state index contributed by atoms with van der Waals surface area (Å²) in [6, 6.07) is 1.58. The summed E-state index contributed by atoms with van der Waals surface area (Å²) in [7, 11) is 0. The predicted molar refractivity (Wildman–Crippen MR) is 55.3 cm³/mol. The first-order valence-corrected chi connectivity index (χ1v) is 4.33. The molecule has 1 aromatic carbocycles. The predicted octanol–water partition coefficient (Wildman–Crippen LogP) is 0.794. The average Bonchev–Trinajstić information content (AvgIpc) is 2.69. The normalized spacial score (nSPS) is 11.2. The summed E-state index contributed by atoms with van der Waals surface area (Å²) in [5.74, 6) is 0.332. The van der Waals surface area contributed by atoms with E-state index in [9.17, 15) is 5.11 Å². The molecule has 3 aromatic rings. The molecule has 0 spiro atoms. The number of phenols is 1. The highest BCUT2D eigenvalue weighted by molar-refractivity contribution is 6.06. The van der Waals surface area contributed by atoms with E-state index >= 15 is 0 Å². The SMILES string of the molecule is Nc1ncc2cc(O)c3[nH]ncc3c2n1. The smallest absolute Gasteiger partial charge is 0.220 e. The van der Waals surface area contributed by atoms with E-state index in [0.717, 1.165) is 10.8 Å². The number of nitrogens with zero attached hydrogens (tertiary/aromatic N) is 3. The number of hydrogen-bond acceptors (Lipinski definition) is 5. The van der Waals surface area contributed by atoms with Crippen LogP contribution in [-0.2, 0) is 0 Å². The number of nitrogens with one attached hydrogen (secondary N) is 1. The summed E-state index contributed by atoms with van der Waals surface area (Å²) in [6.45, 7) is 0. The van der Waals surface area contributed by atoms with Gasteiger partial charge in [-0.3, -0.25) is 5.10 Å². The monoisotopic (exact) mass is 201 g/mol. The van der Waals surface area contributed by atoms with Crippen molar-refractivity contribution in [2.75, 3.05) is 5.73 Å². The maximum absolute atomic E-state index is 9.67. The van der Waals surface area contributed by atoms with Crippen LogP contribution in [0.25, 0.3) is 21.8 Å². The summed E-state index contributed by atoms with van der Waals surface area (Å²) < 4.78 is 0. The molecule has 15 heavy (non-hydrogen) atoms. The Morgan fingerprint density at radius 1 is 1.33 bits per heavy atom. The Kier molecular flexibility index (Phi) is 1.37. The standard InChI is InChI=1S/C9H7N5O/c10-9-11-2-4-1-6(15)8-5(3-12-14-8)7(4)13-9/h1-3,15H,(H,12,14)(H2,10,11,13). The fraction of sp³-hybridized carbons (Fsp3) is 0. The zero-order chi connectivity index (χ0) is 10.4. The number of H-pyrrole nitrogens is 1. The number of benzene rings is 1. The summed E-state index contributed by atoms with van der Waals surface area (Å²) in [5.41, 5.74) is 6.75. The molecule has 0 fully saturated rings. The maximum atomic E-state index is 9.67. The lowest BCUT2D eigenvalue weighted by Gasteiger charge is -2.00. The molecule has 6 heteroatoms. The fourth-order valence-electron chi connectivity index (χ4n) is 1.61. The number of nitrogens with two attached hydrogens (primary N) is 1. The number of fused-ring (bicyclic) bond motifs is 3. The molecule has 0 unspecified atom stereocenters. The van der Waals surface area contributed by atoms with E-state index in [1.165, 1.54) is 0 Å². The van der Waals surface area contributed by atoms with Gasteiger partial charge < -0.3 is 10.8 Å². The van der Waals surface area contributed by atoms with Gasteiger partial charge in [0.05, 0.1) is 11.7 Å². The molecular weight excluding hydrogens is 194 g/mol. The molecule has 0 radical (unpaired) electrons. The van der Waals surface area contributed by atoms with E-state index < -0.39 is 0 Å². The minimum atomic E-state index is 0.128. The van der Waals surface area contributed by atoms with Gasteiger partial charge >= 0.3 is 0 Å². The van der Waals surface area contributed by atoms with Gasteiger partial charge in [-0.2, -0.15) is 5.10 Å². The third kappa shape index (κ3) is 1.01. The van der Waals surface area contributed by atoms with Crippen molar-refractivity contribution in [1.29, 1.82) is 0 Å². The lowest BCUT2D eigenvalue weighted by atomic mass is 10.1. The molecule has 2 heterocycles. The number of rotatable bonds is 0. The van der Waals surface area contributed by atoms with Crippen molar-refractivity contribution in [2.45, 2.75) is 0 Å². The molecular formula is C9H7N5O. The Balaban J connectivity index is 2.61. The van der Waals surface area contributed by atoms with Crippen molar-refractivity contribution >= 4 is 27.8 Å². The van der Waals surface area contributed by atoms with E-state index in [2.05, 4.69) is 20.2 Å². The highest BCUT2D eigenvalue weighted by Gasteiger charge is 2.09. The Morgan fingerprint density at radius 3 is 3.07 bits per heavy atom. The Morgan fingerprint density at radius 2 is 2.20 bits per heavy atom. The molecule has 4 N–H and O–H groups in total. The molecule has 0 bridgehead atoms. The molecule has 0 aliphatic rings. The molecule has 3 rings (SSSR count). The van der Waals surface area contributed by atoms with Gasteiger partial charge in [0.25, 0.3) is 0 Å². The highest BCUT2D eigenvalue weighted by atomic mass is 16.3. The molecule has 0 aliphatic carbocycles. The third-order valence-corrected chi connectivity index (χ3v) is 2.28. The summed E-state index contributed by atoms with van der Waals surface area (Å²) in [4.78, 5) is 7.98. The van der Waals surface area contributed by atoms with Crippen LogP contribution >= 0.6 is 0 Å². The lowest BCUT2D eigenvalue weighted by molar-refractivity contribution is 0.481. The second-order valence-electron chi connectivity index (χ2n) is 3.22. The number of hydrogen-bond donors (Lipinski definition) is 3. The molecule has 74 valence electrons. The van der Waals surface area contributed by atoms with Crippen LogP contribution in [0.1, 0.15) is 0 Å². The van der Waals surface area contributed by atoms with Crippen LogP contribution in [0, 0.1) is 0 Å². The van der Waals surface area contributed by atoms with Crippen molar-refractivity contribution in [1.82, 2.24) is 20.2 Å². The van der Waals surface area contributed by atoms with Crippen molar-refractivity contribution in [2.24, 2.45) is 0 Å². The Labute approximate surface area is 83.8 Å². The average molecular weight is 201 g/mol. The number of aromatic amines is 1. The third-order valence-electron chi connectivity index (χ3n) is 2.28. The topological polar surface area (TPSA) is 101 Å². The highest BCUT2D eigenvalue weighted by Crippen LogP contribution is 2.29. The van der Waals surface area contributed by atoms with Crippen molar-refractivity contribution < 1.29 is 5.11 Å². The maximum Gasteiger partial charge on any atom is 0.220 e. The summed E-state index contributed by atoms with van der Waals surface area (Å²) in [5, 5.41) is 17.7. The Hall–Kier alpha value is -2.37. The molecule has 0 saturated heterocycles. The summed E-state index contributed by atoms with van der Waals surface area (Å²) in [6.07, 6.45) is 3.17. The van der Waals surface area contributed by atoms with Crippen LogP contribution in [-0.4, -0.2) is 25.3 Å². The van der Waals surface area contributed by atoms with E-state index in [1.807, 2.05) is 0 Å². The van der Waals surface area contributed by atoms with Gasteiger partial charge in [0.15, 0.2) is 0 Å². The van der Waals surface area contributed by atoms with E-state index in [-0.39, 0.29) is 11.7 Å². The van der Waals surface area contributed by atoms with Crippen LogP contribution in [0.4, 0.5) is 5.95 Å². The van der Waals surface area contributed by atoms with Gasteiger partial charge in [0, 0.05) is 17.0 Å². The van der Waals surface area contributed by atoms with Crippen LogP contribution in [0.3, 0.4) is 0 Å². The van der Waals surface area contributed by atoms with Gasteiger partial charge in [-0.05, 0) is 6.07 Å². The Bertz CT molecular complexity index is 660. The number of aromatic nitrogens is 4. The largest absolute Gasteiger partial charge is 0.506 e. The second-order valence-corrected chi connectivity index (χ2v) is 3.22. The summed E-state index contributed by atoms with van der Waals surface area (Å²) >= 11 is 0. The first-order chi connectivity index (χ1) is 7.25. The number of aromatic hydroxyl groups is 1. The number of anilines is 1. The van der Waals surface area contributed by atoms with Gasteiger partial charge in [0.1, 0.15) is 11.3 Å². The van der Waals surface area contributed by atoms with Crippen molar-refractivity contribution in [3.63, 3.8) is 0 Å². The quantitative estimate of drug-likeness (QED) is 0.499. The molecule has 6 nitrogen and oxygen atoms in total. The number of nitrogen functional groups attached to an aromatic ring is 1. The second kappa shape index (κ2) is 2.57. The van der Waals surface area contributed by atoms with Gasteiger partial charge in [0.2, 0.25) is 5.95 Å². The lowest BCUT2D eigenvalue weighted by Crippen LogP contribution is -1.94. The first kappa shape index (κ1) is 7.98. The molecule has 2 aromatic heterocycles. The number of phenolic OH excluding ortho intramolecular Hbond substituents is 1. The zero-order valence-corrected chi connectivity index (χ0v) is 7.60. The zero-order valence-electron chi connectivity index (χ0n) is 7.60.